The Morgan fingerprint density at radius 1 is 1.27 bits per heavy atom. The molecular formula is C16H12BrN3O2. The lowest BCUT2D eigenvalue weighted by Gasteiger charge is -2.03. The van der Waals surface area contributed by atoms with Crippen LogP contribution in [0, 0.1) is 0 Å². The van der Waals surface area contributed by atoms with Crippen LogP contribution in [0.3, 0.4) is 0 Å². The maximum atomic E-state index is 12.0. The number of benzene rings is 2. The smallest absolute Gasteiger partial charge is 0.275 e. The fourth-order valence-corrected chi connectivity index (χ4v) is 2.47. The van der Waals surface area contributed by atoms with Crippen LogP contribution in [0.15, 0.2) is 58.2 Å². The van der Waals surface area contributed by atoms with Gasteiger partial charge in [0.2, 0.25) is 0 Å². The Morgan fingerprint density at radius 3 is 2.91 bits per heavy atom. The van der Waals surface area contributed by atoms with Gasteiger partial charge in [-0.15, -0.1) is 0 Å². The van der Waals surface area contributed by atoms with Crippen LogP contribution >= 0.6 is 15.9 Å². The van der Waals surface area contributed by atoms with Crippen LogP contribution in [0.1, 0.15) is 15.9 Å². The molecule has 0 aliphatic rings. The third-order valence-corrected chi connectivity index (χ3v) is 3.69. The largest absolute Gasteiger partial charge is 0.507 e. The minimum absolute atomic E-state index is 0.103. The molecular weight excluding hydrogens is 346 g/mol. The summed E-state index contributed by atoms with van der Waals surface area (Å²) in [4.78, 5) is 15.1. The molecule has 3 aromatic rings. The van der Waals surface area contributed by atoms with E-state index in [0.717, 1.165) is 16.5 Å². The lowest BCUT2D eigenvalue weighted by atomic mass is 10.2. The number of carbonyl (C=O) groups is 1. The van der Waals surface area contributed by atoms with Gasteiger partial charge >= 0.3 is 0 Å². The number of H-pyrrole nitrogens is 1. The van der Waals surface area contributed by atoms with Crippen LogP contribution in [-0.2, 0) is 0 Å². The summed E-state index contributed by atoms with van der Waals surface area (Å²) >= 11 is 3.22. The van der Waals surface area contributed by atoms with Gasteiger partial charge in [-0.2, -0.15) is 5.10 Å². The average Bonchev–Trinajstić information content (AvgIpc) is 2.90. The van der Waals surface area contributed by atoms with Gasteiger partial charge in [0.05, 0.1) is 11.8 Å². The minimum Gasteiger partial charge on any atom is -0.507 e. The first-order chi connectivity index (χ1) is 10.6. The number of amides is 1. The second-order valence-electron chi connectivity index (χ2n) is 4.65. The summed E-state index contributed by atoms with van der Waals surface area (Å²) in [6.45, 7) is 0. The zero-order valence-electron chi connectivity index (χ0n) is 11.4. The van der Waals surface area contributed by atoms with E-state index in [1.807, 2.05) is 30.5 Å². The van der Waals surface area contributed by atoms with Gasteiger partial charge in [-0.1, -0.05) is 34.1 Å². The quantitative estimate of drug-likeness (QED) is 0.496. The number of nitrogens with one attached hydrogen (secondary N) is 2. The highest BCUT2D eigenvalue weighted by molar-refractivity contribution is 9.10. The van der Waals surface area contributed by atoms with Crippen molar-refractivity contribution >= 4 is 39.0 Å². The Kier molecular flexibility index (Phi) is 3.93. The van der Waals surface area contributed by atoms with Crippen LogP contribution in [0.25, 0.3) is 10.9 Å². The number of aromatic nitrogens is 1. The fraction of sp³-hybridized carbons (Fsp3) is 0. The first-order valence-electron chi connectivity index (χ1n) is 6.53. The van der Waals surface area contributed by atoms with Gasteiger partial charge in [0, 0.05) is 27.1 Å². The summed E-state index contributed by atoms with van der Waals surface area (Å²) in [5.74, 6) is -0.574. The van der Waals surface area contributed by atoms with E-state index in [9.17, 15) is 9.90 Å². The third-order valence-electron chi connectivity index (χ3n) is 3.20. The Morgan fingerprint density at radius 2 is 2.09 bits per heavy atom. The van der Waals surface area contributed by atoms with Gasteiger partial charge in [0.1, 0.15) is 5.75 Å². The molecule has 0 fully saturated rings. The van der Waals surface area contributed by atoms with E-state index in [0.29, 0.717) is 4.47 Å². The van der Waals surface area contributed by atoms with Crippen molar-refractivity contribution in [3.8, 4) is 5.75 Å². The molecule has 3 rings (SSSR count). The van der Waals surface area contributed by atoms with Crippen LogP contribution < -0.4 is 5.43 Å². The Labute approximate surface area is 134 Å². The highest BCUT2D eigenvalue weighted by atomic mass is 79.9. The molecule has 5 nitrogen and oxygen atoms in total. The number of carbonyl (C=O) groups excluding carboxylic acids is 1. The number of nitrogens with zero attached hydrogens (tertiary/aromatic N) is 1. The molecule has 22 heavy (non-hydrogen) atoms. The predicted molar refractivity (Wildman–Crippen MR) is 89.2 cm³/mol. The van der Waals surface area contributed by atoms with Crippen molar-refractivity contribution in [2.75, 3.05) is 0 Å². The summed E-state index contributed by atoms with van der Waals surface area (Å²) in [5.41, 5.74) is 4.44. The molecule has 0 radical (unpaired) electrons. The monoisotopic (exact) mass is 357 g/mol. The van der Waals surface area contributed by atoms with E-state index in [1.165, 1.54) is 12.1 Å². The highest BCUT2D eigenvalue weighted by Gasteiger charge is 2.10. The van der Waals surface area contributed by atoms with Crippen molar-refractivity contribution in [2.45, 2.75) is 0 Å². The topological polar surface area (TPSA) is 77.5 Å². The summed E-state index contributed by atoms with van der Waals surface area (Å²) in [7, 11) is 0. The van der Waals surface area contributed by atoms with Crippen LogP contribution in [-0.4, -0.2) is 22.2 Å². The van der Waals surface area contributed by atoms with E-state index in [2.05, 4.69) is 31.4 Å². The number of hydrogen-bond donors (Lipinski definition) is 3. The maximum absolute atomic E-state index is 12.0. The SMILES string of the molecule is O=C(NN=Cc1c[nH]c2ccccc12)c1ccc(Br)cc1O. The Hall–Kier alpha value is -2.60. The van der Waals surface area contributed by atoms with Gasteiger partial charge in [0.15, 0.2) is 0 Å². The van der Waals surface area contributed by atoms with Crippen LogP contribution in [0.4, 0.5) is 0 Å². The molecule has 110 valence electrons. The molecule has 0 saturated carbocycles. The second-order valence-corrected chi connectivity index (χ2v) is 5.57. The molecule has 0 atom stereocenters. The fourth-order valence-electron chi connectivity index (χ4n) is 2.12. The number of phenolic OH excluding ortho intramolecular Hbond substituents is 1. The van der Waals surface area contributed by atoms with E-state index in [1.54, 1.807) is 12.3 Å². The molecule has 0 aliphatic heterocycles. The number of aromatic hydroxyl groups is 1. The lowest BCUT2D eigenvalue weighted by molar-refractivity contribution is 0.0952. The zero-order chi connectivity index (χ0) is 15.5. The van der Waals surface area contributed by atoms with Crippen molar-refractivity contribution in [3.63, 3.8) is 0 Å². The van der Waals surface area contributed by atoms with Crippen molar-refractivity contribution in [2.24, 2.45) is 5.10 Å². The third kappa shape index (κ3) is 2.87. The van der Waals surface area contributed by atoms with Gasteiger partial charge in [-0.3, -0.25) is 4.79 Å². The summed E-state index contributed by atoms with van der Waals surface area (Å²) in [5, 5.41) is 14.7. The maximum Gasteiger partial charge on any atom is 0.275 e. The molecule has 0 bridgehead atoms. The Bertz CT molecular complexity index is 871. The molecule has 1 heterocycles. The number of hydrogen-bond acceptors (Lipinski definition) is 3. The van der Waals surface area contributed by atoms with Crippen molar-refractivity contribution in [1.82, 2.24) is 10.4 Å². The zero-order valence-corrected chi connectivity index (χ0v) is 13.0. The van der Waals surface area contributed by atoms with Gasteiger partial charge in [0.25, 0.3) is 5.91 Å². The number of aromatic amines is 1. The number of para-hydroxylation sites is 1. The number of halogens is 1. The van der Waals surface area contributed by atoms with Crippen molar-refractivity contribution in [3.05, 3.63) is 64.3 Å². The summed E-state index contributed by atoms with van der Waals surface area (Å²) in [6, 6.07) is 12.5. The summed E-state index contributed by atoms with van der Waals surface area (Å²) in [6.07, 6.45) is 3.38. The summed E-state index contributed by atoms with van der Waals surface area (Å²) < 4.78 is 0.698. The number of fused-ring (bicyclic) bond motifs is 1. The highest BCUT2D eigenvalue weighted by Crippen LogP contribution is 2.22. The lowest BCUT2D eigenvalue weighted by Crippen LogP contribution is -2.17. The van der Waals surface area contributed by atoms with Gasteiger partial charge in [-0.25, -0.2) is 5.43 Å². The van der Waals surface area contributed by atoms with Crippen LogP contribution in [0.2, 0.25) is 0 Å². The van der Waals surface area contributed by atoms with Crippen LogP contribution in [0.5, 0.6) is 5.75 Å². The molecule has 0 unspecified atom stereocenters. The van der Waals surface area contributed by atoms with Crippen molar-refractivity contribution < 1.29 is 9.90 Å². The van der Waals surface area contributed by atoms with E-state index >= 15 is 0 Å². The minimum atomic E-state index is -0.471. The number of rotatable bonds is 3. The van der Waals surface area contributed by atoms with E-state index < -0.39 is 5.91 Å². The van der Waals surface area contributed by atoms with Gasteiger partial charge in [-0.05, 0) is 24.3 Å². The molecule has 6 heteroatoms. The molecule has 0 saturated heterocycles. The molecule has 1 amide bonds. The van der Waals surface area contributed by atoms with Crippen molar-refractivity contribution in [1.29, 1.82) is 0 Å². The number of phenols is 1. The van der Waals surface area contributed by atoms with Gasteiger partial charge < -0.3 is 10.1 Å². The van der Waals surface area contributed by atoms with E-state index in [-0.39, 0.29) is 11.3 Å². The molecule has 3 N–H and O–H groups in total. The van der Waals surface area contributed by atoms with E-state index in [4.69, 9.17) is 0 Å². The predicted octanol–water partition coefficient (Wildman–Crippen LogP) is 3.40. The molecule has 1 aromatic heterocycles. The molecule has 0 spiro atoms. The first-order valence-corrected chi connectivity index (χ1v) is 7.32. The second kappa shape index (κ2) is 6.03. The molecule has 0 aliphatic carbocycles. The molecule has 2 aromatic carbocycles. The first kappa shape index (κ1) is 14.3. The number of hydrazone groups is 1. The standard InChI is InChI=1S/C16H12BrN3O2/c17-11-5-6-13(15(21)7-11)16(22)20-19-9-10-8-18-14-4-2-1-3-12(10)14/h1-9,18,21H,(H,20,22). The average molecular weight is 358 g/mol. The Balaban J connectivity index is 1.75. The normalized spacial score (nSPS) is 11.1.